The molecule has 0 aliphatic rings. The van der Waals surface area contributed by atoms with E-state index >= 15 is 0 Å². The zero-order valence-corrected chi connectivity index (χ0v) is 9.25. The van der Waals surface area contributed by atoms with E-state index in [-0.39, 0.29) is 19.1 Å². The standard InChI is InChI=1S/C9H16F3NO3/c1-3-7(2)13(6-8(14)15)4-5-16-9(10,11)12/h7H,3-6H2,1-2H3,(H,14,15). The van der Waals surface area contributed by atoms with Crippen molar-refractivity contribution in [1.82, 2.24) is 4.90 Å². The Bertz CT molecular complexity index is 221. The molecule has 4 nitrogen and oxygen atoms in total. The van der Waals surface area contributed by atoms with Gasteiger partial charge in [-0.25, -0.2) is 0 Å². The molecule has 0 aromatic heterocycles. The molecule has 0 saturated carbocycles. The van der Waals surface area contributed by atoms with Gasteiger partial charge < -0.3 is 5.11 Å². The van der Waals surface area contributed by atoms with Crippen molar-refractivity contribution < 1.29 is 27.8 Å². The molecule has 96 valence electrons. The van der Waals surface area contributed by atoms with Crippen LogP contribution in [-0.2, 0) is 9.53 Å². The van der Waals surface area contributed by atoms with Crippen LogP contribution in [0.1, 0.15) is 20.3 Å². The number of hydrogen-bond acceptors (Lipinski definition) is 3. The highest BCUT2D eigenvalue weighted by Crippen LogP contribution is 2.16. The number of halogens is 3. The molecule has 16 heavy (non-hydrogen) atoms. The first kappa shape index (κ1) is 15.2. The molecule has 0 rings (SSSR count). The molecule has 0 aliphatic carbocycles. The summed E-state index contributed by atoms with van der Waals surface area (Å²) in [5, 5.41) is 8.58. The van der Waals surface area contributed by atoms with E-state index in [0.717, 1.165) is 0 Å². The van der Waals surface area contributed by atoms with Crippen molar-refractivity contribution in [3.05, 3.63) is 0 Å². The van der Waals surface area contributed by atoms with Crippen LogP contribution in [0.15, 0.2) is 0 Å². The fraction of sp³-hybridized carbons (Fsp3) is 0.889. The first-order valence-corrected chi connectivity index (χ1v) is 4.92. The van der Waals surface area contributed by atoms with Gasteiger partial charge in [-0.15, -0.1) is 13.2 Å². The summed E-state index contributed by atoms with van der Waals surface area (Å²) < 4.78 is 38.7. The van der Waals surface area contributed by atoms with Crippen LogP contribution in [0.3, 0.4) is 0 Å². The first-order valence-electron chi connectivity index (χ1n) is 4.92. The van der Waals surface area contributed by atoms with Gasteiger partial charge in [-0.3, -0.25) is 14.4 Å². The molecule has 0 aromatic rings. The lowest BCUT2D eigenvalue weighted by Gasteiger charge is -2.26. The molecule has 0 bridgehead atoms. The summed E-state index contributed by atoms with van der Waals surface area (Å²) in [6, 6.07) is -0.0899. The normalized spacial score (nSPS) is 14.1. The van der Waals surface area contributed by atoms with Gasteiger partial charge >= 0.3 is 12.3 Å². The molecule has 0 radical (unpaired) electrons. The molecule has 0 saturated heterocycles. The Morgan fingerprint density at radius 2 is 2.06 bits per heavy atom. The smallest absolute Gasteiger partial charge is 0.480 e. The summed E-state index contributed by atoms with van der Waals surface area (Å²) in [6.45, 7) is 2.71. The number of ether oxygens (including phenoxy) is 1. The fourth-order valence-electron chi connectivity index (χ4n) is 1.17. The lowest BCUT2D eigenvalue weighted by molar-refractivity contribution is -0.325. The first-order chi connectivity index (χ1) is 7.26. The van der Waals surface area contributed by atoms with Crippen molar-refractivity contribution in [2.45, 2.75) is 32.7 Å². The number of rotatable bonds is 7. The van der Waals surface area contributed by atoms with Crippen molar-refractivity contribution in [3.8, 4) is 0 Å². The number of carboxylic acid groups (broad SMARTS) is 1. The average Bonchev–Trinajstić information content (AvgIpc) is 2.12. The van der Waals surface area contributed by atoms with Gasteiger partial charge in [0.1, 0.15) is 0 Å². The lowest BCUT2D eigenvalue weighted by atomic mass is 10.2. The van der Waals surface area contributed by atoms with Crippen LogP contribution < -0.4 is 0 Å². The van der Waals surface area contributed by atoms with Crippen LogP contribution >= 0.6 is 0 Å². The summed E-state index contributed by atoms with van der Waals surface area (Å²) in [6.07, 6.45) is -4.00. The lowest BCUT2D eigenvalue weighted by Crippen LogP contribution is -2.40. The Hall–Kier alpha value is -0.820. The van der Waals surface area contributed by atoms with E-state index in [9.17, 15) is 18.0 Å². The third kappa shape index (κ3) is 7.47. The largest absolute Gasteiger partial charge is 0.522 e. The van der Waals surface area contributed by atoms with Crippen LogP contribution in [0.2, 0.25) is 0 Å². The maximum absolute atomic E-state index is 11.7. The molecule has 1 unspecified atom stereocenters. The zero-order valence-electron chi connectivity index (χ0n) is 9.25. The Kier molecular flexibility index (Phi) is 6.35. The van der Waals surface area contributed by atoms with E-state index in [0.29, 0.717) is 6.42 Å². The number of carboxylic acids is 1. The average molecular weight is 243 g/mol. The van der Waals surface area contributed by atoms with E-state index in [1.165, 1.54) is 4.90 Å². The Labute approximate surface area is 92.0 Å². The summed E-state index contributed by atoms with van der Waals surface area (Å²) in [4.78, 5) is 11.9. The van der Waals surface area contributed by atoms with E-state index in [2.05, 4.69) is 4.74 Å². The highest BCUT2D eigenvalue weighted by molar-refractivity contribution is 5.69. The van der Waals surface area contributed by atoms with Gasteiger partial charge in [0, 0.05) is 12.6 Å². The molecular formula is C9H16F3NO3. The summed E-state index contributed by atoms with van der Waals surface area (Å²) in [5.74, 6) is -1.06. The second kappa shape index (κ2) is 6.70. The monoisotopic (exact) mass is 243 g/mol. The van der Waals surface area contributed by atoms with Crippen LogP contribution in [0.25, 0.3) is 0 Å². The van der Waals surface area contributed by atoms with Gasteiger partial charge in [0.25, 0.3) is 0 Å². The quantitative estimate of drug-likeness (QED) is 0.739. The summed E-state index contributed by atoms with van der Waals surface area (Å²) in [7, 11) is 0. The predicted molar refractivity (Wildman–Crippen MR) is 51.0 cm³/mol. The molecule has 0 amide bonds. The molecule has 0 aromatic carbocycles. The molecule has 0 aliphatic heterocycles. The van der Waals surface area contributed by atoms with E-state index in [1.807, 2.05) is 6.92 Å². The Balaban J connectivity index is 4.07. The number of alkyl halides is 3. The minimum absolute atomic E-state index is 0.0547. The third-order valence-corrected chi connectivity index (χ3v) is 2.20. The zero-order chi connectivity index (χ0) is 12.8. The van der Waals surface area contributed by atoms with Gasteiger partial charge in [0.05, 0.1) is 13.2 Å². The van der Waals surface area contributed by atoms with Crippen molar-refractivity contribution in [1.29, 1.82) is 0 Å². The summed E-state index contributed by atoms with van der Waals surface area (Å²) in [5.41, 5.74) is 0. The maximum Gasteiger partial charge on any atom is 0.522 e. The van der Waals surface area contributed by atoms with Crippen LogP contribution in [0, 0.1) is 0 Å². The van der Waals surface area contributed by atoms with Crippen LogP contribution in [-0.4, -0.2) is 48.1 Å². The second-order valence-corrected chi connectivity index (χ2v) is 3.42. The van der Waals surface area contributed by atoms with E-state index in [4.69, 9.17) is 5.11 Å². The van der Waals surface area contributed by atoms with E-state index in [1.54, 1.807) is 6.92 Å². The van der Waals surface area contributed by atoms with Crippen LogP contribution in [0.5, 0.6) is 0 Å². The number of aliphatic carboxylic acids is 1. The molecular weight excluding hydrogens is 227 g/mol. The van der Waals surface area contributed by atoms with Gasteiger partial charge in [0.2, 0.25) is 0 Å². The van der Waals surface area contributed by atoms with Gasteiger partial charge in [-0.1, -0.05) is 6.92 Å². The second-order valence-electron chi connectivity index (χ2n) is 3.42. The number of hydrogen-bond donors (Lipinski definition) is 1. The summed E-state index contributed by atoms with van der Waals surface area (Å²) >= 11 is 0. The Morgan fingerprint density at radius 1 is 1.50 bits per heavy atom. The fourth-order valence-corrected chi connectivity index (χ4v) is 1.17. The molecule has 0 spiro atoms. The third-order valence-electron chi connectivity index (χ3n) is 2.20. The van der Waals surface area contributed by atoms with Gasteiger partial charge in [-0.2, -0.15) is 0 Å². The highest BCUT2D eigenvalue weighted by Gasteiger charge is 2.29. The number of nitrogens with zero attached hydrogens (tertiary/aromatic N) is 1. The maximum atomic E-state index is 11.7. The molecule has 0 fully saturated rings. The van der Waals surface area contributed by atoms with E-state index < -0.39 is 18.9 Å². The van der Waals surface area contributed by atoms with Crippen molar-refractivity contribution >= 4 is 5.97 Å². The van der Waals surface area contributed by atoms with Gasteiger partial charge in [0.15, 0.2) is 0 Å². The van der Waals surface area contributed by atoms with Crippen molar-refractivity contribution in [2.24, 2.45) is 0 Å². The Morgan fingerprint density at radius 3 is 2.44 bits per heavy atom. The van der Waals surface area contributed by atoms with Crippen molar-refractivity contribution in [2.75, 3.05) is 19.7 Å². The predicted octanol–water partition coefficient (Wildman–Crippen LogP) is 1.71. The SMILES string of the molecule is CCC(C)N(CCOC(F)(F)F)CC(=O)O. The molecule has 1 N–H and O–H groups in total. The molecule has 7 heteroatoms. The minimum Gasteiger partial charge on any atom is -0.480 e. The number of carbonyl (C=O) groups is 1. The molecule has 0 heterocycles. The van der Waals surface area contributed by atoms with Gasteiger partial charge in [-0.05, 0) is 13.3 Å². The topological polar surface area (TPSA) is 49.8 Å². The molecule has 1 atom stereocenters. The minimum atomic E-state index is -4.66. The van der Waals surface area contributed by atoms with Crippen LogP contribution in [0.4, 0.5) is 13.2 Å². The van der Waals surface area contributed by atoms with Crippen molar-refractivity contribution in [3.63, 3.8) is 0 Å². The highest BCUT2D eigenvalue weighted by atomic mass is 19.4.